The van der Waals surface area contributed by atoms with Crippen LogP contribution in [0.5, 0.6) is 0 Å². The molecule has 0 radical (unpaired) electrons. The fraction of sp³-hybridized carbons (Fsp3) is 0.417. The fourth-order valence-corrected chi connectivity index (χ4v) is 1.61. The molecule has 0 saturated carbocycles. The van der Waals surface area contributed by atoms with Crippen molar-refractivity contribution >= 4 is 23.3 Å². The third-order valence-electron chi connectivity index (χ3n) is 2.16. The van der Waals surface area contributed by atoms with Crippen molar-refractivity contribution in [3.8, 4) is 0 Å². The molecule has 0 aliphatic carbocycles. The van der Waals surface area contributed by atoms with Gasteiger partial charge in [-0.05, 0) is 26.0 Å². The zero-order chi connectivity index (χ0) is 14.4. The van der Waals surface area contributed by atoms with Gasteiger partial charge in [0, 0.05) is 0 Å². The monoisotopic (exact) mass is 287 g/mol. The average molecular weight is 288 g/mol. The van der Waals surface area contributed by atoms with Crippen LogP contribution in [0.2, 0.25) is 5.02 Å². The molecule has 0 saturated heterocycles. The van der Waals surface area contributed by atoms with Gasteiger partial charge in [0.15, 0.2) is 0 Å². The highest BCUT2D eigenvalue weighted by Crippen LogP contribution is 2.28. The van der Waals surface area contributed by atoms with Crippen LogP contribution in [0.3, 0.4) is 0 Å². The van der Waals surface area contributed by atoms with Crippen molar-refractivity contribution in [2.75, 3.05) is 13.2 Å². The first-order valence-electron chi connectivity index (χ1n) is 5.65. The van der Waals surface area contributed by atoms with Gasteiger partial charge < -0.3 is 9.47 Å². The van der Waals surface area contributed by atoms with Crippen molar-refractivity contribution in [2.45, 2.75) is 20.0 Å². The highest BCUT2D eigenvalue weighted by molar-refractivity contribution is 6.33. The predicted molar refractivity (Wildman–Crippen MR) is 69.5 cm³/mol. The molecule has 0 amide bonds. The summed E-state index contributed by atoms with van der Waals surface area (Å²) < 4.78 is 10.1. The molecule has 1 rings (SSSR count). The number of ether oxygens (including phenoxy) is 2. The van der Waals surface area contributed by atoms with E-state index in [1.54, 1.807) is 0 Å². The normalized spacial score (nSPS) is 10.5. The van der Waals surface area contributed by atoms with E-state index >= 15 is 0 Å². The number of carbonyl (C=O) groups excluding carboxylic acids is 1. The molecule has 0 bridgehead atoms. The Kier molecular flexibility index (Phi) is 5.72. The van der Waals surface area contributed by atoms with Gasteiger partial charge in [-0.25, -0.2) is 4.79 Å². The third kappa shape index (κ3) is 4.50. The molecule has 0 atom stereocenters. The molecule has 1 aromatic rings. The largest absolute Gasteiger partial charge is 0.459 e. The average Bonchev–Trinajstić information content (AvgIpc) is 2.33. The van der Waals surface area contributed by atoms with Gasteiger partial charge in [0.25, 0.3) is 0 Å². The number of nitrogens with zero attached hydrogens (tertiary/aromatic N) is 1. The summed E-state index contributed by atoms with van der Waals surface area (Å²) in [7, 11) is 0. The summed E-state index contributed by atoms with van der Waals surface area (Å²) in [4.78, 5) is 21.9. The van der Waals surface area contributed by atoms with Gasteiger partial charge in [-0.2, -0.15) is 0 Å². The molecule has 6 nitrogen and oxygen atoms in total. The molecule has 0 heterocycles. The van der Waals surface area contributed by atoms with Gasteiger partial charge in [0.2, 0.25) is 0 Å². The molecule has 0 aliphatic heterocycles. The van der Waals surface area contributed by atoms with Crippen LogP contribution in [0.1, 0.15) is 24.2 Å². The summed E-state index contributed by atoms with van der Waals surface area (Å²) in [6.07, 6.45) is 0.0270. The minimum Gasteiger partial charge on any atom is -0.459 e. The molecule has 0 aromatic heterocycles. The van der Waals surface area contributed by atoms with Crippen LogP contribution < -0.4 is 0 Å². The molecule has 104 valence electrons. The van der Waals surface area contributed by atoms with Crippen molar-refractivity contribution < 1.29 is 19.2 Å². The Hall–Kier alpha value is -1.66. The van der Waals surface area contributed by atoms with Crippen LogP contribution in [-0.4, -0.2) is 30.2 Å². The second kappa shape index (κ2) is 7.06. The zero-order valence-electron chi connectivity index (χ0n) is 10.6. The van der Waals surface area contributed by atoms with E-state index < -0.39 is 16.6 Å². The van der Waals surface area contributed by atoms with E-state index in [0.717, 1.165) is 0 Å². The van der Waals surface area contributed by atoms with Crippen molar-refractivity contribution in [1.82, 2.24) is 0 Å². The van der Waals surface area contributed by atoms with E-state index in [2.05, 4.69) is 0 Å². The smallest absolute Gasteiger partial charge is 0.345 e. The molecule has 19 heavy (non-hydrogen) atoms. The Morgan fingerprint density at radius 3 is 2.68 bits per heavy atom. The van der Waals surface area contributed by atoms with Crippen molar-refractivity contribution in [3.63, 3.8) is 0 Å². The first-order chi connectivity index (χ1) is 8.93. The van der Waals surface area contributed by atoms with E-state index in [-0.39, 0.29) is 29.9 Å². The van der Waals surface area contributed by atoms with E-state index in [1.807, 2.05) is 13.8 Å². The minimum atomic E-state index is -0.790. The van der Waals surface area contributed by atoms with Crippen LogP contribution in [0.4, 0.5) is 5.69 Å². The van der Waals surface area contributed by atoms with Gasteiger partial charge >= 0.3 is 11.7 Å². The standard InChI is InChI=1S/C12H14ClNO5/c1-8(2)18-6-7-19-12(15)9-4-3-5-10(13)11(9)14(16)17/h3-5,8H,6-7H2,1-2H3. The molecule has 0 unspecified atom stereocenters. The van der Waals surface area contributed by atoms with Gasteiger partial charge in [0.05, 0.1) is 17.6 Å². The minimum absolute atomic E-state index is 0.0270. The van der Waals surface area contributed by atoms with Crippen molar-refractivity contribution in [3.05, 3.63) is 38.9 Å². The maximum Gasteiger partial charge on any atom is 0.345 e. The second-order valence-corrected chi connectivity index (χ2v) is 4.36. The summed E-state index contributed by atoms with van der Waals surface area (Å²) in [6.45, 7) is 3.96. The van der Waals surface area contributed by atoms with Gasteiger partial charge in [-0.1, -0.05) is 17.7 Å². The number of nitro groups is 1. The molecular weight excluding hydrogens is 274 g/mol. The van der Waals surface area contributed by atoms with Crippen LogP contribution in [0, 0.1) is 10.1 Å². The lowest BCUT2D eigenvalue weighted by molar-refractivity contribution is -0.385. The van der Waals surface area contributed by atoms with Gasteiger partial charge in [-0.3, -0.25) is 10.1 Å². The number of esters is 1. The van der Waals surface area contributed by atoms with Gasteiger partial charge in [0.1, 0.15) is 17.2 Å². The summed E-state index contributed by atoms with van der Waals surface area (Å²) in [5.41, 5.74) is -0.610. The Balaban J connectivity index is 2.72. The number of nitro benzene ring substituents is 1. The third-order valence-corrected chi connectivity index (χ3v) is 2.46. The lowest BCUT2D eigenvalue weighted by Crippen LogP contribution is -2.14. The van der Waals surface area contributed by atoms with E-state index in [9.17, 15) is 14.9 Å². The summed E-state index contributed by atoms with van der Waals surface area (Å²) >= 11 is 5.70. The Bertz CT molecular complexity index is 475. The van der Waals surface area contributed by atoms with Crippen LogP contribution in [-0.2, 0) is 9.47 Å². The lowest BCUT2D eigenvalue weighted by Gasteiger charge is -2.08. The number of carbonyl (C=O) groups is 1. The Morgan fingerprint density at radius 1 is 1.42 bits per heavy atom. The second-order valence-electron chi connectivity index (χ2n) is 3.95. The summed E-state index contributed by atoms with van der Waals surface area (Å²) in [5, 5.41) is 10.8. The molecule has 1 aromatic carbocycles. The highest BCUT2D eigenvalue weighted by Gasteiger charge is 2.24. The van der Waals surface area contributed by atoms with E-state index in [1.165, 1.54) is 18.2 Å². The van der Waals surface area contributed by atoms with Crippen molar-refractivity contribution in [1.29, 1.82) is 0 Å². The maximum absolute atomic E-state index is 11.7. The van der Waals surface area contributed by atoms with Crippen LogP contribution in [0.15, 0.2) is 18.2 Å². The Morgan fingerprint density at radius 2 is 2.11 bits per heavy atom. The zero-order valence-corrected chi connectivity index (χ0v) is 11.3. The number of benzene rings is 1. The topological polar surface area (TPSA) is 78.7 Å². The molecule has 0 fully saturated rings. The highest BCUT2D eigenvalue weighted by atomic mass is 35.5. The van der Waals surface area contributed by atoms with E-state index in [4.69, 9.17) is 21.1 Å². The summed E-state index contributed by atoms with van der Waals surface area (Å²) in [5.74, 6) is -0.790. The quantitative estimate of drug-likeness (QED) is 0.348. The molecular formula is C12H14ClNO5. The van der Waals surface area contributed by atoms with Crippen LogP contribution in [0.25, 0.3) is 0 Å². The van der Waals surface area contributed by atoms with Gasteiger partial charge in [-0.15, -0.1) is 0 Å². The first kappa shape index (κ1) is 15.4. The number of halogens is 1. The summed E-state index contributed by atoms with van der Waals surface area (Å²) in [6, 6.07) is 4.10. The molecule has 7 heteroatoms. The van der Waals surface area contributed by atoms with E-state index in [0.29, 0.717) is 0 Å². The lowest BCUT2D eigenvalue weighted by atomic mass is 10.2. The molecule has 0 N–H and O–H groups in total. The number of hydrogen-bond acceptors (Lipinski definition) is 5. The number of para-hydroxylation sites is 1. The van der Waals surface area contributed by atoms with Crippen LogP contribution >= 0.6 is 11.6 Å². The maximum atomic E-state index is 11.7. The number of hydrogen-bond donors (Lipinski definition) is 0. The Labute approximate surface area is 115 Å². The number of rotatable bonds is 6. The predicted octanol–water partition coefficient (Wildman–Crippen LogP) is 2.83. The molecule has 0 aliphatic rings. The first-order valence-corrected chi connectivity index (χ1v) is 6.03. The molecule has 0 spiro atoms. The SMILES string of the molecule is CC(C)OCCOC(=O)c1cccc(Cl)c1[N+](=O)[O-]. The van der Waals surface area contributed by atoms with Crippen molar-refractivity contribution in [2.24, 2.45) is 0 Å². The fourth-order valence-electron chi connectivity index (χ4n) is 1.36.